The molecule has 1 unspecified atom stereocenters. The molecule has 5 heteroatoms. The van der Waals surface area contributed by atoms with Crippen LogP contribution in [0.25, 0.3) is 0 Å². The molecule has 0 radical (unpaired) electrons. The topological polar surface area (TPSA) is 55.4 Å². The second-order valence-electron chi connectivity index (χ2n) is 3.37. The minimum atomic E-state index is -3.59. The summed E-state index contributed by atoms with van der Waals surface area (Å²) in [4.78, 5) is 0. The molecule has 0 bridgehead atoms. The van der Waals surface area contributed by atoms with Crippen LogP contribution in [0.4, 0.5) is 0 Å². The van der Waals surface area contributed by atoms with E-state index in [1.165, 1.54) is 0 Å². The highest BCUT2D eigenvalue weighted by atomic mass is 32.2. The van der Waals surface area contributed by atoms with E-state index in [9.17, 15) is 8.42 Å². The van der Waals surface area contributed by atoms with Crippen LogP contribution in [-0.2, 0) is 14.5 Å². The Labute approximate surface area is 94.9 Å². The van der Waals surface area contributed by atoms with Crippen LogP contribution in [0.1, 0.15) is 12.0 Å². The summed E-state index contributed by atoms with van der Waals surface area (Å²) in [6.45, 7) is 0.184. The maximum atomic E-state index is 11.1. The highest BCUT2D eigenvalue weighted by molar-refractivity contribution is 7.84. The molecule has 0 amide bonds. The van der Waals surface area contributed by atoms with Crippen molar-refractivity contribution >= 4 is 10.3 Å². The predicted octanol–water partition coefficient (Wildman–Crippen LogP) is 0.661. The molecule has 84 valence electrons. The standard InChI is InChI=1S/C11H11NO3S/c13-16(14)12-11(8-9-15-16)7-6-10-4-2-1-3-5-10/h1-5,11-12H,8-9H2. The number of rotatable bonds is 0. The Kier molecular flexibility index (Phi) is 3.25. The van der Waals surface area contributed by atoms with Crippen molar-refractivity contribution in [3.05, 3.63) is 35.9 Å². The third-order valence-corrected chi connectivity index (χ3v) is 3.15. The van der Waals surface area contributed by atoms with Gasteiger partial charge < -0.3 is 0 Å². The summed E-state index contributed by atoms with van der Waals surface area (Å²) in [6.07, 6.45) is 0.569. The summed E-state index contributed by atoms with van der Waals surface area (Å²) in [6, 6.07) is 9.07. The van der Waals surface area contributed by atoms with Gasteiger partial charge in [-0.15, -0.1) is 0 Å². The van der Waals surface area contributed by atoms with Gasteiger partial charge in [-0.2, -0.15) is 13.1 Å². The van der Waals surface area contributed by atoms with Gasteiger partial charge in [0.15, 0.2) is 0 Å². The Morgan fingerprint density at radius 1 is 1.31 bits per heavy atom. The van der Waals surface area contributed by atoms with Gasteiger partial charge in [0.2, 0.25) is 0 Å². The molecule has 1 heterocycles. The van der Waals surface area contributed by atoms with Gasteiger partial charge in [0.25, 0.3) is 0 Å². The summed E-state index contributed by atoms with van der Waals surface area (Å²) < 4.78 is 29.0. The Balaban J connectivity index is 2.08. The monoisotopic (exact) mass is 237 g/mol. The third kappa shape index (κ3) is 3.07. The number of nitrogens with one attached hydrogen (secondary N) is 1. The molecule has 16 heavy (non-hydrogen) atoms. The molecule has 1 aromatic rings. The van der Waals surface area contributed by atoms with Gasteiger partial charge in [0, 0.05) is 5.56 Å². The van der Waals surface area contributed by atoms with Crippen molar-refractivity contribution in [2.45, 2.75) is 12.5 Å². The van der Waals surface area contributed by atoms with Crippen molar-refractivity contribution in [2.24, 2.45) is 0 Å². The fourth-order valence-electron chi connectivity index (χ4n) is 1.34. The van der Waals surface area contributed by atoms with E-state index in [4.69, 9.17) is 0 Å². The molecule has 1 aromatic carbocycles. The first-order valence-corrected chi connectivity index (χ1v) is 6.30. The summed E-state index contributed by atoms with van der Waals surface area (Å²) in [5.74, 6) is 5.79. The van der Waals surface area contributed by atoms with Crippen molar-refractivity contribution < 1.29 is 12.6 Å². The molecule has 1 saturated heterocycles. The first-order chi connectivity index (χ1) is 7.66. The highest BCUT2D eigenvalue weighted by Crippen LogP contribution is 2.05. The molecule has 0 aromatic heterocycles. The lowest BCUT2D eigenvalue weighted by Gasteiger charge is -2.18. The average Bonchev–Trinajstić information content (AvgIpc) is 2.27. The summed E-state index contributed by atoms with van der Waals surface area (Å²) in [5, 5.41) is 0. The van der Waals surface area contributed by atoms with Crippen LogP contribution < -0.4 is 4.72 Å². The molecular formula is C11H11NO3S. The van der Waals surface area contributed by atoms with Crippen LogP contribution in [0.5, 0.6) is 0 Å². The first-order valence-electron chi connectivity index (χ1n) is 4.89. The van der Waals surface area contributed by atoms with E-state index in [0.717, 1.165) is 5.56 Å². The van der Waals surface area contributed by atoms with Crippen molar-refractivity contribution in [3.8, 4) is 11.8 Å². The number of hydrogen-bond donors (Lipinski definition) is 1. The molecule has 1 N–H and O–H groups in total. The van der Waals surface area contributed by atoms with Crippen LogP contribution in [-0.4, -0.2) is 21.1 Å². The molecule has 0 saturated carbocycles. The average molecular weight is 237 g/mol. The Morgan fingerprint density at radius 2 is 2.06 bits per heavy atom. The normalized spacial score (nSPS) is 23.1. The van der Waals surface area contributed by atoms with Gasteiger partial charge in [-0.3, -0.25) is 4.18 Å². The second kappa shape index (κ2) is 4.66. The van der Waals surface area contributed by atoms with Gasteiger partial charge in [0.05, 0.1) is 12.6 Å². The van der Waals surface area contributed by atoms with Crippen molar-refractivity contribution in [1.82, 2.24) is 4.72 Å². The van der Waals surface area contributed by atoms with E-state index in [1.807, 2.05) is 30.3 Å². The van der Waals surface area contributed by atoms with E-state index in [0.29, 0.717) is 6.42 Å². The zero-order valence-electron chi connectivity index (χ0n) is 8.51. The zero-order chi connectivity index (χ0) is 11.4. The van der Waals surface area contributed by atoms with Gasteiger partial charge >= 0.3 is 10.3 Å². The van der Waals surface area contributed by atoms with Gasteiger partial charge in [-0.1, -0.05) is 30.0 Å². The molecule has 4 nitrogen and oxygen atoms in total. The largest absolute Gasteiger partial charge is 0.336 e. The van der Waals surface area contributed by atoms with Crippen LogP contribution in [0, 0.1) is 11.8 Å². The molecule has 1 fully saturated rings. The van der Waals surface area contributed by atoms with E-state index in [1.54, 1.807) is 0 Å². The third-order valence-electron chi connectivity index (χ3n) is 2.10. The van der Waals surface area contributed by atoms with Crippen molar-refractivity contribution in [2.75, 3.05) is 6.61 Å². The molecule has 0 spiro atoms. The Hall–Kier alpha value is -1.35. The maximum absolute atomic E-state index is 11.1. The Morgan fingerprint density at radius 3 is 2.75 bits per heavy atom. The van der Waals surface area contributed by atoms with Crippen molar-refractivity contribution in [3.63, 3.8) is 0 Å². The van der Waals surface area contributed by atoms with Crippen LogP contribution >= 0.6 is 0 Å². The quantitative estimate of drug-likeness (QED) is 0.674. The van der Waals surface area contributed by atoms with Crippen molar-refractivity contribution in [1.29, 1.82) is 0 Å². The summed E-state index contributed by atoms with van der Waals surface area (Å²) >= 11 is 0. The lowest BCUT2D eigenvalue weighted by Crippen LogP contribution is -2.40. The minimum Gasteiger partial charge on any atom is -0.258 e. The maximum Gasteiger partial charge on any atom is 0.336 e. The van der Waals surface area contributed by atoms with E-state index < -0.39 is 10.3 Å². The summed E-state index contributed by atoms with van der Waals surface area (Å²) in [5.41, 5.74) is 0.869. The van der Waals surface area contributed by atoms with Gasteiger partial charge in [0.1, 0.15) is 0 Å². The van der Waals surface area contributed by atoms with E-state index in [-0.39, 0.29) is 12.6 Å². The molecule has 1 aliphatic heterocycles. The Bertz CT molecular complexity index is 513. The van der Waals surface area contributed by atoms with Crippen LogP contribution in [0.2, 0.25) is 0 Å². The van der Waals surface area contributed by atoms with Crippen LogP contribution in [0.15, 0.2) is 30.3 Å². The van der Waals surface area contributed by atoms with E-state index in [2.05, 4.69) is 20.7 Å². The predicted molar refractivity (Wildman–Crippen MR) is 59.7 cm³/mol. The number of benzene rings is 1. The van der Waals surface area contributed by atoms with Gasteiger partial charge in [-0.25, -0.2) is 0 Å². The molecule has 2 rings (SSSR count). The molecule has 1 atom stereocenters. The molecule has 1 aliphatic rings. The lowest BCUT2D eigenvalue weighted by molar-refractivity contribution is 0.271. The van der Waals surface area contributed by atoms with E-state index >= 15 is 0 Å². The molecule has 0 aliphatic carbocycles. The summed E-state index contributed by atoms with van der Waals surface area (Å²) in [7, 11) is -3.59. The fourth-order valence-corrected chi connectivity index (χ4v) is 2.25. The minimum absolute atomic E-state index is 0.184. The second-order valence-corrected chi connectivity index (χ2v) is 4.75. The zero-order valence-corrected chi connectivity index (χ0v) is 9.33. The first kappa shape index (κ1) is 11.1. The number of hydrogen-bond acceptors (Lipinski definition) is 3. The fraction of sp³-hybridized carbons (Fsp3) is 0.273. The lowest BCUT2D eigenvalue weighted by atomic mass is 10.2. The smallest absolute Gasteiger partial charge is 0.258 e. The van der Waals surface area contributed by atoms with Gasteiger partial charge in [-0.05, 0) is 18.6 Å². The SMILES string of the molecule is O=S1(=O)NC(C#Cc2ccccc2)CCO1. The highest BCUT2D eigenvalue weighted by Gasteiger charge is 2.22. The molecular weight excluding hydrogens is 226 g/mol. The van der Waals surface area contributed by atoms with Crippen LogP contribution in [0.3, 0.4) is 0 Å².